The highest BCUT2D eigenvalue weighted by molar-refractivity contribution is 7.98. The molecule has 0 aliphatic heterocycles. The van der Waals surface area contributed by atoms with Gasteiger partial charge in [0.25, 0.3) is 5.91 Å². The normalized spacial score (nSPS) is 12.1. The number of hydrogen-bond donors (Lipinski definition) is 2. The summed E-state index contributed by atoms with van der Waals surface area (Å²) in [4.78, 5) is 27.5. The lowest BCUT2D eigenvalue weighted by atomic mass is 9.93. The molecule has 2 N–H and O–H groups in total. The molecule has 0 saturated carbocycles. The fourth-order valence-electron chi connectivity index (χ4n) is 4.39. The summed E-state index contributed by atoms with van der Waals surface area (Å²) in [5.41, 5.74) is 5.80. The Morgan fingerprint density at radius 3 is 2.30 bits per heavy atom. The number of aliphatic carboxylic acids is 1. The fraction of sp³-hybridized carbons (Fsp3) is 0.355. The average Bonchev–Trinajstić information content (AvgIpc) is 2.89. The fourth-order valence-corrected chi connectivity index (χ4v) is 4.86. The van der Waals surface area contributed by atoms with Crippen molar-refractivity contribution in [3.05, 3.63) is 95.1 Å². The van der Waals surface area contributed by atoms with Crippen molar-refractivity contribution in [1.29, 1.82) is 0 Å². The lowest BCUT2D eigenvalue weighted by Gasteiger charge is -2.27. The van der Waals surface area contributed by atoms with Gasteiger partial charge in [0.15, 0.2) is 0 Å². The highest BCUT2D eigenvalue weighted by Gasteiger charge is 2.23. The standard InChI is InChI=1S/C31H38N2O3S/c1-22(2)33(18-16-24-11-6-5-7-12-24)21-25-14-15-27(28(20-25)26-13-9-8-10-23(26)3)30(34)32-29(31(35)36)17-19-37-4/h5-15,20,22,29H,16-19,21H2,1-4H3,(H,32,34)(H,35,36). The van der Waals surface area contributed by atoms with E-state index in [1.807, 2.05) is 55.6 Å². The number of benzene rings is 3. The van der Waals surface area contributed by atoms with Gasteiger partial charge in [0.05, 0.1) is 0 Å². The monoisotopic (exact) mass is 518 g/mol. The summed E-state index contributed by atoms with van der Waals surface area (Å²) in [5, 5.41) is 12.4. The van der Waals surface area contributed by atoms with Crippen molar-refractivity contribution in [2.75, 3.05) is 18.6 Å². The molecule has 1 atom stereocenters. The number of hydrogen-bond acceptors (Lipinski definition) is 4. The van der Waals surface area contributed by atoms with E-state index < -0.39 is 12.0 Å². The van der Waals surface area contributed by atoms with Crippen LogP contribution in [-0.4, -0.2) is 52.5 Å². The van der Waals surface area contributed by atoms with Crippen molar-refractivity contribution in [3.63, 3.8) is 0 Å². The molecule has 0 bridgehead atoms. The molecule has 1 amide bonds. The number of rotatable bonds is 13. The first-order valence-electron chi connectivity index (χ1n) is 12.8. The number of nitrogens with zero attached hydrogens (tertiary/aromatic N) is 1. The van der Waals surface area contributed by atoms with E-state index in [2.05, 4.69) is 54.4 Å². The van der Waals surface area contributed by atoms with Crippen molar-refractivity contribution in [2.24, 2.45) is 0 Å². The summed E-state index contributed by atoms with van der Waals surface area (Å²) >= 11 is 1.57. The van der Waals surface area contributed by atoms with Gasteiger partial charge in [-0.3, -0.25) is 9.69 Å². The van der Waals surface area contributed by atoms with E-state index >= 15 is 0 Å². The Kier molecular flexibility index (Phi) is 10.8. The lowest BCUT2D eigenvalue weighted by molar-refractivity contribution is -0.139. The van der Waals surface area contributed by atoms with Gasteiger partial charge < -0.3 is 10.4 Å². The molecule has 3 aromatic carbocycles. The third-order valence-electron chi connectivity index (χ3n) is 6.62. The molecule has 0 aromatic heterocycles. The smallest absolute Gasteiger partial charge is 0.326 e. The molecule has 0 radical (unpaired) electrons. The zero-order chi connectivity index (χ0) is 26.8. The highest BCUT2D eigenvalue weighted by atomic mass is 32.2. The van der Waals surface area contributed by atoms with Crippen LogP contribution in [0, 0.1) is 6.92 Å². The quantitative estimate of drug-likeness (QED) is 0.288. The van der Waals surface area contributed by atoms with Crippen LogP contribution in [0.4, 0.5) is 0 Å². The van der Waals surface area contributed by atoms with Crippen LogP contribution in [0.2, 0.25) is 0 Å². The van der Waals surface area contributed by atoms with E-state index in [9.17, 15) is 14.7 Å². The minimum absolute atomic E-state index is 0.358. The van der Waals surface area contributed by atoms with Crippen LogP contribution in [0.5, 0.6) is 0 Å². The second kappa shape index (κ2) is 14.0. The number of thioether (sulfide) groups is 1. The molecule has 3 aromatic rings. The number of aryl methyl sites for hydroxylation is 1. The van der Waals surface area contributed by atoms with Crippen LogP contribution in [0.15, 0.2) is 72.8 Å². The highest BCUT2D eigenvalue weighted by Crippen LogP contribution is 2.29. The molecule has 6 heteroatoms. The molecule has 196 valence electrons. The van der Waals surface area contributed by atoms with Crippen LogP contribution in [0.1, 0.15) is 47.3 Å². The number of carbonyl (C=O) groups excluding carboxylic acids is 1. The summed E-state index contributed by atoms with van der Waals surface area (Å²) in [5.74, 6) is -0.708. The zero-order valence-electron chi connectivity index (χ0n) is 22.2. The lowest BCUT2D eigenvalue weighted by Crippen LogP contribution is -2.41. The first-order chi connectivity index (χ1) is 17.8. The minimum Gasteiger partial charge on any atom is -0.480 e. The van der Waals surface area contributed by atoms with Gasteiger partial charge in [-0.05, 0) is 85.6 Å². The summed E-state index contributed by atoms with van der Waals surface area (Å²) in [7, 11) is 0. The molecule has 37 heavy (non-hydrogen) atoms. The van der Waals surface area contributed by atoms with Crippen LogP contribution in [0.25, 0.3) is 11.1 Å². The van der Waals surface area contributed by atoms with Crippen LogP contribution < -0.4 is 5.32 Å². The van der Waals surface area contributed by atoms with Crippen molar-refractivity contribution in [3.8, 4) is 11.1 Å². The molecule has 5 nitrogen and oxygen atoms in total. The van der Waals surface area contributed by atoms with Crippen molar-refractivity contribution in [1.82, 2.24) is 10.2 Å². The Bertz CT molecular complexity index is 1180. The molecular weight excluding hydrogens is 480 g/mol. The summed E-state index contributed by atoms with van der Waals surface area (Å²) in [6, 6.07) is 23.9. The van der Waals surface area contributed by atoms with E-state index in [4.69, 9.17) is 0 Å². The maximum absolute atomic E-state index is 13.3. The minimum atomic E-state index is -1.01. The third-order valence-corrected chi connectivity index (χ3v) is 7.27. The summed E-state index contributed by atoms with van der Waals surface area (Å²) in [6.45, 7) is 8.13. The molecule has 0 spiro atoms. The van der Waals surface area contributed by atoms with Gasteiger partial charge in [-0.2, -0.15) is 11.8 Å². The summed E-state index contributed by atoms with van der Waals surface area (Å²) < 4.78 is 0. The Balaban J connectivity index is 1.90. The van der Waals surface area contributed by atoms with Crippen LogP contribution in [0.3, 0.4) is 0 Å². The second-order valence-corrected chi connectivity index (χ2v) is 10.6. The predicted molar refractivity (Wildman–Crippen MR) is 154 cm³/mol. The number of carboxylic acid groups (broad SMARTS) is 1. The van der Waals surface area contributed by atoms with E-state index in [1.54, 1.807) is 11.8 Å². The van der Waals surface area contributed by atoms with Crippen LogP contribution >= 0.6 is 11.8 Å². The summed E-state index contributed by atoms with van der Waals surface area (Å²) in [6.07, 6.45) is 3.28. The molecule has 1 unspecified atom stereocenters. The third kappa shape index (κ3) is 8.20. The van der Waals surface area contributed by atoms with Gasteiger partial charge in [0.1, 0.15) is 6.04 Å². The van der Waals surface area contributed by atoms with E-state index in [-0.39, 0.29) is 5.91 Å². The largest absolute Gasteiger partial charge is 0.480 e. The maximum Gasteiger partial charge on any atom is 0.326 e. The molecule has 0 saturated heterocycles. The SMILES string of the molecule is CSCCC(NC(=O)c1ccc(CN(CCc2ccccc2)C(C)C)cc1-c1ccccc1C)C(=O)O. The van der Waals surface area contributed by atoms with Crippen molar-refractivity contribution < 1.29 is 14.7 Å². The number of carbonyl (C=O) groups is 2. The van der Waals surface area contributed by atoms with E-state index in [0.717, 1.165) is 41.8 Å². The molecule has 3 rings (SSSR count). The zero-order valence-corrected chi connectivity index (χ0v) is 23.1. The Labute approximate surface area is 225 Å². The predicted octanol–water partition coefficient (Wildman–Crippen LogP) is 6.05. The van der Waals surface area contributed by atoms with Gasteiger partial charge in [0, 0.05) is 24.7 Å². The first-order valence-corrected chi connectivity index (χ1v) is 14.2. The first kappa shape index (κ1) is 28.5. The Morgan fingerprint density at radius 2 is 1.65 bits per heavy atom. The Hall–Kier alpha value is -3.09. The maximum atomic E-state index is 13.3. The van der Waals surface area contributed by atoms with Gasteiger partial charge >= 0.3 is 5.97 Å². The Morgan fingerprint density at radius 1 is 0.946 bits per heavy atom. The van der Waals surface area contributed by atoms with Crippen molar-refractivity contribution in [2.45, 2.75) is 52.2 Å². The number of carboxylic acids is 1. The van der Waals surface area contributed by atoms with E-state index in [1.165, 1.54) is 5.56 Å². The molecule has 0 aliphatic rings. The average molecular weight is 519 g/mol. The van der Waals surface area contributed by atoms with Gasteiger partial charge in [0.2, 0.25) is 0 Å². The molecular formula is C31H38N2O3S. The van der Waals surface area contributed by atoms with Crippen LogP contribution in [-0.2, 0) is 17.8 Å². The molecule has 0 aliphatic carbocycles. The van der Waals surface area contributed by atoms with E-state index in [0.29, 0.717) is 23.8 Å². The number of nitrogens with one attached hydrogen (secondary N) is 1. The molecule has 0 heterocycles. The second-order valence-electron chi connectivity index (χ2n) is 9.64. The number of amides is 1. The van der Waals surface area contributed by atoms with Gasteiger partial charge in [-0.25, -0.2) is 4.79 Å². The van der Waals surface area contributed by atoms with Gasteiger partial charge in [-0.1, -0.05) is 60.7 Å². The van der Waals surface area contributed by atoms with Crippen molar-refractivity contribution >= 4 is 23.6 Å². The molecule has 0 fully saturated rings. The topological polar surface area (TPSA) is 69.6 Å². The van der Waals surface area contributed by atoms with Gasteiger partial charge in [-0.15, -0.1) is 0 Å².